The molecule has 0 saturated carbocycles. The van der Waals surface area contributed by atoms with Crippen molar-refractivity contribution in [1.29, 1.82) is 5.26 Å². The summed E-state index contributed by atoms with van der Waals surface area (Å²) in [6.45, 7) is 0. The second-order valence-electron chi connectivity index (χ2n) is 6.56. The molecule has 2 heterocycles. The average molecular weight is 445 g/mol. The smallest absolute Gasteiger partial charge is 0.332 e. The Bertz CT molecular complexity index is 1310. The Kier molecular flexibility index (Phi) is 5.82. The third kappa shape index (κ3) is 3.40. The van der Waals surface area contributed by atoms with Crippen LogP contribution >= 0.6 is 22.9 Å². The van der Waals surface area contributed by atoms with Gasteiger partial charge < -0.3 is 15.4 Å². The minimum atomic E-state index is -0.873. The number of nitrogens with two attached hydrogens (primary N) is 1. The number of amides is 1. The summed E-state index contributed by atoms with van der Waals surface area (Å²) in [5.74, 6) is -2.13. The Morgan fingerprint density at radius 3 is 2.60 bits per heavy atom. The molecule has 0 spiro atoms. The number of aromatic nitrogens is 1. The SMILES string of the molecule is COC(=O)C=c1sc2n(c1=O)C(N)=C(C#N)C(c1ccccc1Cl)C=2C(=O)N(C)C. The van der Waals surface area contributed by atoms with Crippen molar-refractivity contribution >= 4 is 52.3 Å². The molecule has 2 aromatic rings. The molecule has 0 bridgehead atoms. The molecule has 1 atom stereocenters. The van der Waals surface area contributed by atoms with E-state index < -0.39 is 23.4 Å². The lowest BCUT2D eigenvalue weighted by molar-refractivity contribution is -0.133. The normalized spacial score (nSPS) is 16.2. The van der Waals surface area contributed by atoms with Gasteiger partial charge in [-0.15, -0.1) is 11.3 Å². The molecule has 30 heavy (non-hydrogen) atoms. The molecule has 1 aliphatic rings. The van der Waals surface area contributed by atoms with Gasteiger partial charge in [-0.3, -0.25) is 14.2 Å². The second kappa shape index (κ2) is 8.18. The maximum Gasteiger partial charge on any atom is 0.332 e. The van der Waals surface area contributed by atoms with E-state index in [0.29, 0.717) is 10.6 Å². The molecule has 1 unspecified atom stereocenters. The molecular formula is C20H17ClN4O4S. The molecule has 0 aliphatic carbocycles. The first-order valence-corrected chi connectivity index (χ1v) is 9.84. The van der Waals surface area contributed by atoms with Gasteiger partial charge in [0.05, 0.1) is 30.2 Å². The number of nitrogens with zero attached hydrogens (tertiary/aromatic N) is 3. The van der Waals surface area contributed by atoms with Gasteiger partial charge in [0.25, 0.3) is 11.5 Å². The fraction of sp³-hybridized carbons (Fsp3) is 0.200. The minimum Gasteiger partial charge on any atom is -0.466 e. The fourth-order valence-electron chi connectivity index (χ4n) is 3.18. The molecule has 154 valence electrons. The lowest BCUT2D eigenvalue weighted by Gasteiger charge is -2.27. The van der Waals surface area contributed by atoms with Crippen molar-refractivity contribution in [2.24, 2.45) is 5.73 Å². The van der Waals surface area contributed by atoms with Gasteiger partial charge in [-0.2, -0.15) is 5.26 Å². The number of allylic oxidation sites excluding steroid dienone is 1. The van der Waals surface area contributed by atoms with Crippen LogP contribution in [0.25, 0.3) is 17.5 Å². The van der Waals surface area contributed by atoms with E-state index in [1.54, 1.807) is 38.4 Å². The Morgan fingerprint density at radius 1 is 1.37 bits per heavy atom. The standard InChI is InChI=1S/C20H17ClN4O4S/c1-24(2)19(28)16-15(10-6-4-5-7-12(10)21)11(9-22)17(23)25-18(27)13(30-20(16)25)8-14(26)29-3/h4-8,15H,23H2,1-3H3. The maximum absolute atomic E-state index is 13.2. The van der Waals surface area contributed by atoms with Crippen molar-refractivity contribution < 1.29 is 14.3 Å². The van der Waals surface area contributed by atoms with Crippen LogP contribution in [0.4, 0.5) is 0 Å². The molecule has 1 aliphatic heterocycles. The van der Waals surface area contributed by atoms with Gasteiger partial charge in [0.15, 0.2) is 0 Å². The average Bonchev–Trinajstić information content (AvgIpc) is 3.03. The van der Waals surface area contributed by atoms with Crippen molar-refractivity contribution in [1.82, 2.24) is 9.47 Å². The molecule has 2 N–H and O–H groups in total. The highest BCUT2D eigenvalue weighted by Crippen LogP contribution is 2.39. The Hall–Kier alpha value is -3.35. The molecule has 0 saturated heterocycles. The number of halogens is 1. The van der Waals surface area contributed by atoms with E-state index in [1.807, 2.05) is 6.07 Å². The summed E-state index contributed by atoms with van der Waals surface area (Å²) in [5, 5.41) is 10.2. The van der Waals surface area contributed by atoms with Gasteiger partial charge >= 0.3 is 5.97 Å². The Morgan fingerprint density at radius 2 is 2.03 bits per heavy atom. The summed E-state index contributed by atoms with van der Waals surface area (Å²) in [6.07, 6.45) is 1.03. The summed E-state index contributed by atoms with van der Waals surface area (Å²) in [7, 11) is 4.31. The number of thiazole rings is 1. The van der Waals surface area contributed by atoms with Crippen LogP contribution in [0.15, 0.2) is 34.6 Å². The molecule has 10 heteroatoms. The fourth-order valence-corrected chi connectivity index (χ4v) is 4.56. The highest BCUT2D eigenvalue weighted by atomic mass is 35.5. The molecule has 1 aromatic heterocycles. The summed E-state index contributed by atoms with van der Waals surface area (Å²) in [6, 6.07) is 8.83. The highest BCUT2D eigenvalue weighted by molar-refractivity contribution is 7.07. The van der Waals surface area contributed by atoms with Gasteiger partial charge in [0.2, 0.25) is 0 Å². The minimum absolute atomic E-state index is 0.0188. The van der Waals surface area contributed by atoms with Crippen LogP contribution < -0.4 is 20.5 Å². The Balaban J connectivity index is 2.54. The third-order valence-electron chi connectivity index (χ3n) is 4.57. The second-order valence-corrected chi connectivity index (χ2v) is 8.00. The number of rotatable bonds is 3. The predicted molar refractivity (Wildman–Crippen MR) is 114 cm³/mol. The summed E-state index contributed by atoms with van der Waals surface area (Å²) in [5.41, 5.74) is 6.29. The van der Waals surface area contributed by atoms with Gasteiger partial charge in [0, 0.05) is 25.2 Å². The predicted octanol–water partition coefficient (Wildman–Crippen LogP) is 0.204. The summed E-state index contributed by atoms with van der Waals surface area (Å²) in [4.78, 5) is 39.1. The largest absolute Gasteiger partial charge is 0.466 e. The van der Waals surface area contributed by atoms with E-state index in [0.717, 1.165) is 22.0 Å². The monoisotopic (exact) mass is 444 g/mol. The van der Waals surface area contributed by atoms with Crippen molar-refractivity contribution in [3.63, 3.8) is 0 Å². The van der Waals surface area contributed by atoms with Crippen molar-refractivity contribution in [3.05, 3.63) is 60.0 Å². The molecule has 0 radical (unpaired) electrons. The molecule has 1 amide bonds. The number of esters is 1. The molecule has 3 rings (SSSR count). The van der Waals surface area contributed by atoms with Crippen molar-refractivity contribution in [2.45, 2.75) is 5.92 Å². The zero-order chi connectivity index (χ0) is 22.2. The summed E-state index contributed by atoms with van der Waals surface area (Å²) >= 11 is 7.31. The lowest BCUT2D eigenvalue weighted by atomic mass is 9.83. The number of carbonyl (C=O) groups excluding carboxylic acids is 2. The van der Waals surface area contributed by atoms with Crippen molar-refractivity contribution in [2.75, 3.05) is 21.2 Å². The van der Waals surface area contributed by atoms with E-state index in [2.05, 4.69) is 4.74 Å². The first-order chi connectivity index (χ1) is 14.2. The Labute approximate surface area is 180 Å². The van der Waals surface area contributed by atoms with E-state index in [9.17, 15) is 19.6 Å². The molecule has 0 fully saturated rings. The number of nitriles is 1. The van der Waals surface area contributed by atoms with Crippen LogP contribution in [0.2, 0.25) is 5.02 Å². The van der Waals surface area contributed by atoms with Crippen LogP contribution in [0.1, 0.15) is 11.5 Å². The lowest BCUT2D eigenvalue weighted by Crippen LogP contribution is -2.41. The van der Waals surface area contributed by atoms with Crippen LogP contribution in [-0.2, 0) is 14.3 Å². The van der Waals surface area contributed by atoms with Crippen LogP contribution in [0.5, 0.6) is 0 Å². The maximum atomic E-state index is 13.2. The topological polar surface area (TPSA) is 118 Å². The number of methoxy groups -OCH3 is 1. The molecule has 1 aromatic carbocycles. The summed E-state index contributed by atoms with van der Waals surface area (Å²) < 4.78 is 5.94. The van der Waals surface area contributed by atoms with Crippen LogP contribution in [-0.4, -0.2) is 42.5 Å². The molecular weight excluding hydrogens is 428 g/mol. The quantitative estimate of drug-likeness (QED) is 0.676. The van der Waals surface area contributed by atoms with E-state index in [1.165, 1.54) is 12.0 Å². The number of hydrogen-bond donors (Lipinski definition) is 1. The zero-order valence-electron chi connectivity index (χ0n) is 16.3. The third-order valence-corrected chi connectivity index (χ3v) is 6.02. The molecule has 8 nitrogen and oxygen atoms in total. The highest BCUT2D eigenvalue weighted by Gasteiger charge is 2.37. The van der Waals surface area contributed by atoms with E-state index >= 15 is 0 Å². The van der Waals surface area contributed by atoms with Gasteiger partial charge in [-0.1, -0.05) is 29.8 Å². The van der Waals surface area contributed by atoms with Crippen molar-refractivity contribution in [3.8, 4) is 6.07 Å². The number of ether oxygens (including phenoxy) is 1. The number of benzene rings is 1. The van der Waals surface area contributed by atoms with Crippen LogP contribution in [0.3, 0.4) is 0 Å². The van der Waals surface area contributed by atoms with E-state index in [4.69, 9.17) is 17.3 Å². The number of carbonyl (C=O) groups is 2. The first kappa shape index (κ1) is 21.4. The number of fused-ring (bicyclic) bond motifs is 1. The van der Waals surface area contributed by atoms with Crippen LogP contribution in [0, 0.1) is 11.3 Å². The van der Waals surface area contributed by atoms with Gasteiger partial charge in [0.1, 0.15) is 15.0 Å². The zero-order valence-corrected chi connectivity index (χ0v) is 17.9. The van der Waals surface area contributed by atoms with Gasteiger partial charge in [-0.05, 0) is 11.6 Å². The van der Waals surface area contributed by atoms with E-state index in [-0.39, 0.29) is 26.2 Å². The number of hydrogen-bond acceptors (Lipinski definition) is 7. The first-order valence-electron chi connectivity index (χ1n) is 8.64. The van der Waals surface area contributed by atoms with Gasteiger partial charge in [-0.25, -0.2) is 4.79 Å².